The van der Waals surface area contributed by atoms with Gasteiger partial charge in [0.1, 0.15) is 24.7 Å². The SMILES string of the molecule is COc1ccccc1-c1nn(-c2ccccc2)cc1C(=O)NC(C)c1ccc2c(c1)OCCO2. The van der Waals surface area contributed by atoms with Crippen LogP contribution in [0.2, 0.25) is 0 Å². The number of rotatable bonds is 6. The molecular formula is C27H25N3O4. The van der Waals surface area contributed by atoms with Crippen LogP contribution in [-0.4, -0.2) is 36.0 Å². The van der Waals surface area contributed by atoms with Crippen molar-refractivity contribution in [3.05, 3.63) is 90.1 Å². The van der Waals surface area contributed by atoms with Gasteiger partial charge in [-0.2, -0.15) is 5.10 Å². The first-order valence-electron chi connectivity index (χ1n) is 11.1. The molecule has 7 heteroatoms. The third-order valence-electron chi connectivity index (χ3n) is 5.76. The summed E-state index contributed by atoms with van der Waals surface area (Å²) in [6, 6.07) is 22.7. The zero-order valence-electron chi connectivity index (χ0n) is 19.0. The molecule has 1 aliphatic heterocycles. The normalized spacial score (nSPS) is 13.2. The lowest BCUT2D eigenvalue weighted by atomic mass is 10.0. The Morgan fingerprint density at radius 2 is 1.74 bits per heavy atom. The van der Waals surface area contributed by atoms with Crippen LogP contribution in [0.5, 0.6) is 17.2 Å². The van der Waals surface area contributed by atoms with E-state index in [0.29, 0.717) is 36.0 Å². The van der Waals surface area contributed by atoms with Crippen molar-refractivity contribution in [2.75, 3.05) is 20.3 Å². The lowest BCUT2D eigenvalue weighted by Gasteiger charge is -2.21. The van der Waals surface area contributed by atoms with Crippen molar-refractivity contribution >= 4 is 5.91 Å². The van der Waals surface area contributed by atoms with Gasteiger partial charge in [0.25, 0.3) is 5.91 Å². The Balaban J connectivity index is 1.49. The summed E-state index contributed by atoms with van der Waals surface area (Å²) in [4.78, 5) is 13.5. The van der Waals surface area contributed by atoms with Crippen LogP contribution in [0, 0.1) is 0 Å². The maximum atomic E-state index is 13.5. The number of methoxy groups -OCH3 is 1. The molecule has 2 heterocycles. The Morgan fingerprint density at radius 3 is 2.53 bits per heavy atom. The second-order valence-corrected chi connectivity index (χ2v) is 7.97. The summed E-state index contributed by atoms with van der Waals surface area (Å²) in [5.74, 6) is 1.83. The van der Waals surface area contributed by atoms with E-state index in [1.807, 2.05) is 79.7 Å². The van der Waals surface area contributed by atoms with E-state index in [1.165, 1.54) is 0 Å². The van der Waals surface area contributed by atoms with Crippen LogP contribution < -0.4 is 19.5 Å². The van der Waals surface area contributed by atoms with Gasteiger partial charge >= 0.3 is 0 Å². The maximum Gasteiger partial charge on any atom is 0.255 e. The monoisotopic (exact) mass is 455 g/mol. The number of carbonyl (C=O) groups excluding carboxylic acids is 1. The lowest BCUT2D eigenvalue weighted by Crippen LogP contribution is -2.27. The molecule has 1 unspecified atom stereocenters. The molecule has 1 amide bonds. The summed E-state index contributed by atoms with van der Waals surface area (Å²) in [5, 5.41) is 7.86. The Labute approximate surface area is 197 Å². The van der Waals surface area contributed by atoms with Crippen molar-refractivity contribution < 1.29 is 19.0 Å². The van der Waals surface area contributed by atoms with E-state index in [4.69, 9.17) is 19.3 Å². The van der Waals surface area contributed by atoms with E-state index in [0.717, 1.165) is 22.6 Å². The fourth-order valence-electron chi connectivity index (χ4n) is 3.98. The van der Waals surface area contributed by atoms with E-state index in [-0.39, 0.29) is 11.9 Å². The van der Waals surface area contributed by atoms with Crippen molar-refractivity contribution in [2.45, 2.75) is 13.0 Å². The molecule has 3 aromatic carbocycles. The molecule has 5 rings (SSSR count). The highest BCUT2D eigenvalue weighted by atomic mass is 16.6. The van der Waals surface area contributed by atoms with Crippen LogP contribution in [0.1, 0.15) is 28.9 Å². The average Bonchev–Trinajstić information content (AvgIpc) is 3.34. The number of carbonyl (C=O) groups is 1. The number of fused-ring (bicyclic) bond motifs is 1. The summed E-state index contributed by atoms with van der Waals surface area (Å²) in [5.41, 5.74) is 3.53. The molecule has 1 aliphatic rings. The lowest BCUT2D eigenvalue weighted by molar-refractivity contribution is 0.0940. The second kappa shape index (κ2) is 9.31. The van der Waals surface area contributed by atoms with Crippen LogP contribution in [-0.2, 0) is 0 Å². The fourth-order valence-corrected chi connectivity index (χ4v) is 3.98. The third-order valence-corrected chi connectivity index (χ3v) is 5.76. The zero-order chi connectivity index (χ0) is 23.5. The fraction of sp³-hybridized carbons (Fsp3) is 0.185. The van der Waals surface area contributed by atoms with E-state index in [1.54, 1.807) is 18.0 Å². The number of hydrogen-bond donors (Lipinski definition) is 1. The van der Waals surface area contributed by atoms with E-state index >= 15 is 0 Å². The largest absolute Gasteiger partial charge is 0.496 e. The minimum absolute atomic E-state index is 0.231. The molecule has 0 fully saturated rings. The van der Waals surface area contributed by atoms with Crippen molar-refractivity contribution in [3.8, 4) is 34.2 Å². The predicted molar refractivity (Wildman–Crippen MR) is 129 cm³/mol. The van der Waals surface area contributed by atoms with Crippen molar-refractivity contribution in [2.24, 2.45) is 0 Å². The Bertz CT molecular complexity index is 1320. The number of benzene rings is 3. The molecule has 1 N–H and O–H groups in total. The van der Waals surface area contributed by atoms with Gasteiger partial charge in [-0.05, 0) is 48.9 Å². The highest BCUT2D eigenvalue weighted by Gasteiger charge is 2.23. The van der Waals surface area contributed by atoms with Crippen molar-refractivity contribution in [1.82, 2.24) is 15.1 Å². The number of amides is 1. The maximum absolute atomic E-state index is 13.5. The predicted octanol–water partition coefficient (Wildman–Crippen LogP) is 4.81. The zero-order valence-corrected chi connectivity index (χ0v) is 19.0. The van der Waals surface area contributed by atoms with Gasteiger partial charge in [-0.3, -0.25) is 4.79 Å². The van der Waals surface area contributed by atoms with Gasteiger partial charge in [0.05, 0.1) is 24.4 Å². The summed E-state index contributed by atoms with van der Waals surface area (Å²) >= 11 is 0. The summed E-state index contributed by atoms with van der Waals surface area (Å²) in [7, 11) is 1.61. The molecule has 0 spiro atoms. The van der Waals surface area contributed by atoms with Gasteiger partial charge in [0.15, 0.2) is 11.5 Å². The number of nitrogens with one attached hydrogen (secondary N) is 1. The molecule has 4 aromatic rings. The average molecular weight is 456 g/mol. The number of hydrogen-bond acceptors (Lipinski definition) is 5. The first-order valence-corrected chi connectivity index (χ1v) is 11.1. The molecule has 0 radical (unpaired) electrons. The van der Waals surface area contributed by atoms with Gasteiger partial charge in [0.2, 0.25) is 0 Å². The number of para-hydroxylation sites is 2. The Kier molecular flexibility index (Phi) is 5.91. The Hall–Kier alpha value is -4.26. The summed E-state index contributed by atoms with van der Waals surface area (Å²) in [6.07, 6.45) is 1.75. The van der Waals surface area contributed by atoms with Crippen LogP contribution in [0.3, 0.4) is 0 Å². The molecule has 0 aliphatic carbocycles. The second-order valence-electron chi connectivity index (χ2n) is 7.97. The number of aromatic nitrogens is 2. The number of nitrogens with zero attached hydrogens (tertiary/aromatic N) is 2. The molecule has 172 valence electrons. The van der Waals surface area contributed by atoms with Gasteiger partial charge in [0, 0.05) is 11.8 Å². The van der Waals surface area contributed by atoms with E-state index < -0.39 is 0 Å². The van der Waals surface area contributed by atoms with Gasteiger partial charge < -0.3 is 19.5 Å². The Morgan fingerprint density at radius 1 is 1.00 bits per heavy atom. The van der Waals surface area contributed by atoms with Crippen LogP contribution >= 0.6 is 0 Å². The van der Waals surface area contributed by atoms with Crippen molar-refractivity contribution in [3.63, 3.8) is 0 Å². The molecular weight excluding hydrogens is 430 g/mol. The van der Waals surface area contributed by atoms with Crippen molar-refractivity contribution in [1.29, 1.82) is 0 Å². The summed E-state index contributed by atoms with van der Waals surface area (Å²) < 4.78 is 18.6. The van der Waals surface area contributed by atoms with Gasteiger partial charge in [-0.25, -0.2) is 4.68 Å². The number of ether oxygens (including phenoxy) is 3. The minimum atomic E-state index is -0.256. The molecule has 0 saturated carbocycles. The first-order chi connectivity index (χ1) is 16.6. The molecule has 34 heavy (non-hydrogen) atoms. The highest BCUT2D eigenvalue weighted by Crippen LogP contribution is 2.34. The molecule has 1 atom stereocenters. The van der Waals surface area contributed by atoms with Gasteiger partial charge in [-0.1, -0.05) is 36.4 Å². The molecule has 1 aromatic heterocycles. The van der Waals surface area contributed by atoms with Crippen LogP contribution in [0.25, 0.3) is 16.9 Å². The third kappa shape index (κ3) is 4.20. The smallest absolute Gasteiger partial charge is 0.255 e. The quantitative estimate of drug-likeness (QED) is 0.452. The van der Waals surface area contributed by atoms with E-state index in [2.05, 4.69) is 5.32 Å². The molecule has 7 nitrogen and oxygen atoms in total. The highest BCUT2D eigenvalue weighted by molar-refractivity contribution is 6.00. The van der Waals surface area contributed by atoms with Crippen LogP contribution in [0.15, 0.2) is 79.0 Å². The van der Waals surface area contributed by atoms with Gasteiger partial charge in [-0.15, -0.1) is 0 Å². The minimum Gasteiger partial charge on any atom is -0.496 e. The van der Waals surface area contributed by atoms with Crippen LogP contribution in [0.4, 0.5) is 0 Å². The first kappa shape index (κ1) is 21.6. The molecule has 0 bridgehead atoms. The topological polar surface area (TPSA) is 74.6 Å². The van der Waals surface area contributed by atoms with E-state index in [9.17, 15) is 4.79 Å². The standard InChI is InChI=1S/C27H25N3O4/c1-18(19-12-13-24-25(16-19)34-15-14-33-24)28-27(31)22-17-30(20-8-4-3-5-9-20)29-26(22)21-10-6-7-11-23(21)32-2/h3-13,16-18H,14-15H2,1-2H3,(H,28,31). The molecule has 0 saturated heterocycles. The summed E-state index contributed by atoms with van der Waals surface area (Å²) in [6.45, 7) is 2.99.